The van der Waals surface area contributed by atoms with Crippen molar-refractivity contribution in [1.82, 2.24) is 99.7 Å². The topological polar surface area (TPSA) is 453 Å². The Bertz CT molecular complexity index is 7050. The number of ether oxygens (including phenoxy) is 4. The van der Waals surface area contributed by atoms with E-state index in [-0.39, 0.29) is 80.8 Å². The van der Waals surface area contributed by atoms with Crippen LogP contribution in [0.25, 0.3) is 45.0 Å². The number of hydrogen-bond acceptors (Lipinski definition) is 40. The average Bonchev–Trinajstić information content (AvgIpc) is 0.795. The van der Waals surface area contributed by atoms with Crippen LogP contribution >= 0.6 is 11.6 Å². The maximum Gasteiger partial charge on any atom is 0.417 e. The largest absolute Gasteiger partial charge is 0.417 e. The van der Waals surface area contributed by atoms with Gasteiger partial charge in [0.1, 0.15) is 19.0 Å². The van der Waals surface area contributed by atoms with Gasteiger partial charge in [0.05, 0.1) is 206 Å². The van der Waals surface area contributed by atoms with Crippen molar-refractivity contribution >= 4 is 129 Å². The van der Waals surface area contributed by atoms with Crippen molar-refractivity contribution in [3.05, 3.63) is 313 Å². The van der Waals surface area contributed by atoms with Gasteiger partial charge in [-0.2, -0.15) is 66.7 Å². The molecule has 4 aromatic carbocycles. The number of benzene rings is 4. The van der Waals surface area contributed by atoms with Gasteiger partial charge < -0.3 is 59.8 Å². The van der Waals surface area contributed by atoms with Crippen molar-refractivity contribution < 1.29 is 62.9 Å². The number of nitrogens with one attached hydrogen (secondary N) is 8. The minimum absolute atomic E-state index is 0.0203. The van der Waals surface area contributed by atoms with E-state index in [9.17, 15) is 43.9 Å². The van der Waals surface area contributed by atoms with E-state index in [1.54, 1.807) is 83.4 Å². The fourth-order valence-electron chi connectivity index (χ4n) is 14.9. The number of anilines is 16. The highest BCUT2D eigenvalue weighted by Gasteiger charge is 2.36. The van der Waals surface area contributed by atoms with Crippen LogP contribution in [0.3, 0.4) is 0 Å². The lowest BCUT2D eigenvalue weighted by atomic mass is 10.0. The van der Waals surface area contributed by atoms with Crippen LogP contribution in [0.1, 0.15) is 39.5 Å². The van der Waals surface area contributed by atoms with E-state index in [2.05, 4.69) is 163 Å². The van der Waals surface area contributed by atoms with Gasteiger partial charge in [-0.3, -0.25) is 19.9 Å². The molecule has 0 radical (unpaired) electrons. The molecule has 20 rings (SSSR count). The predicted octanol–water partition coefficient (Wildman–Crippen LogP) is 17.0. The van der Waals surface area contributed by atoms with Gasteiger partial charge >= 0.3 is 12.4 Å². The Kier molecular flexibility index (Phi) is 34.5. The monoisotopic (exact) mass is 2070 g/mol. The van der Waals surface area contributed by atoms with Crippen LogP contribution in [0.15, 0.2) is 266 Å². The summed E-state index contributed by atoms with van der Waals surface area (Å²) in [5, 5.41) is 29.3. The van der Waals surface area contributed by atoms with E-state index in [1.165, 1.54) is 98.9 Å². The van der Waals surface area contributed by atoms with Gasteiger partial charge in [-0.25, -0.2) is 99.1 Å². The van der Waals surface area contributed by atoms with Crippen molar-refractivity contribution in [2.75, 3.05) is 168 Å². The number of morpholine rings is 4. The Hall–Kier alpha value is -18.2. The Morgan fingerprint density at radius 3 is 1.02 bits per heavy atom. The summed E-state index contributed by atoms with van der Waals surface area (Å²) in [6.45, 7) is 10.4. The van der Waals surface area contributed by atoms with Crippen molar-refractivity contribution in [2.24, 2.45) is 20.4 Å². The smallest absolute Gasteiger partial charge is 0.378 e. The summed E-state index contributed by atoms with van der Waals surface area (Å²) >= 11 is 6.56. The highest BCUT2D eigenvalue weighted by atomic mass is 35.5. The molecule has 0 spiro atoms. The van der Waals surface area contributed by atoms with E-state index in [1.807, 2.05) is 77.4 Å². The normalized spacial score (nSPS) is 13.8. The number of hydrogen-bond donors (Lipinski definition) is 8. The van der Waals surface area contributed by atoms with Crippen LogP contribution in [0.4, 0.5) is 136 Å². The highest BCUT2D eigenvalue weighted by Crippen LogP contribution is 2.42. The van der Waals surface area contributed by atoms with E-state index in [0.29, 0.717) is 150 Å². The summed E-state index contributed by atoms with van der Waals surface area (Å²) in [6.07, 6.45) is 20.5. The molecule has 4 saturated heterocycles. The molecule has 0 bridgehead atoms. The van der Waals surface area contributed by atoms with Crippen molar-refractivity contribution in [3.8, 4) is 45.0 Å². The molecule has 0 saturated carbocycles. The lowest BCUT2D eigenvalue weighted by Gasteiger charge is -2.27. The lowest BCUT2D eigenvalue weighted by Crippen LogP contribution is -2.37. The molecule has 0 unspecified atom stereocenters. The summed E-state index contributed by atoms with van der Waals surface area (Å²) < 4.78 is 160. The number of halogens is 11. The molecule has 4 fully saturated rings. The minimum Gasteiger partial charge on any atom is -0.378 e. The molecule has 0 atom stereocenters. The quantitative estimate of drug-likeness (QED) is 0.0128. The third-order valence-electron chi connectivity index (χ3n) is 22.1. The molecule has 40 nitrogen and oxygen atoms in total. The molecule has 16 aromatic rings. The van der Waals surface area contributed by atoms with Gasteiger partial charge in [0.15, 0.2) is 52.4 Å². The fourth-order valence-corrected chi connectivity index (χ4v) is 15.2. The number of rotatable bonds is 28. The summed E-state index contributed by atoms with van der Waals surface area (Å²) in [6, 6.07) is 38.5. The van der Waals surface area contributed by atoms with Crippen molar-refractivity contribution in [2.45, 2.75) is 19.3 Å². The highest BCUT2D eigenvalue weighted by molar-refractivity contribution is 6.34. The number of nitrogens with zero attached hydrogens (tertiary/aromatic N) is 28. The molecule has 0 aliphatic carbocycles. The van der Waals surface area contributed by atoms with E-state index < -0.39 is 46.7 Å². The Balaban J connectivity index is 0.000000136. The first kappa shape index (κ1) is 103. The van der Waals surface area contributed by atoms with Crippen LogP contribution < -0.4 is 62.6 Å². The Morgan fingerprint density at radius 2 is 0.667 bits per heavy atom. The first-order valence-corrected chi connectivity index (χ1v) is 46.3. The zero-order valence-electron chi connectivity index (χ0n) is 79.0. The number of aromatic nitrogens is 20. The lowest BCUT2D eigenvalue weighted by molar-refractivity contribution is -0.137. The molecule has 51 heteroatoms. The first-order chi connectivity index (χ1) is 73.0. The van der Waals surface area contributed by atoms with Gasteiger partial charge in [-0.1, -0.05) is 23.7 Å². The molecule has 12 aromatic heterocycles. The summed E-state index contributed by atoms with van der Waals surface area (Å²) in [5.41, 5.74) is 20.0. The first-order valence-electron chi connectivity index (χ1n) is 45.9. The van der Waals surface area contributed by atoms with E-state index >= 15 is 0 Å². The van der Waals surface area contributed by atoms with Gasteiger partial charge in [0.25, 0.3) is 0 Å². The zero-order valence-corrected chi connectivity index (χ0v) is 79.8. The predicted molar refractivity (Wildman–Crippen MR) is 545 cm³/mol. The van der Waals surface area contributed by atoms with Crippen molar-refractivity contribution in [3.63, 3.8) is 0 Å². The molecule has 764 valence electrons. The number of hydrazone groups is 4. The Labute approximate surface area is 852 Å². The molecular formula is C99H87ClF10N36O4. The molecule has 8 N–H and O–H groups in total. The fraction of sp³-hybridized carbons (Fsp3) is 0.192. The van der Waals surface area contributed by atoms with Gasteiger partial charge in [-0.15, -0.1) is 0 Å². The van der Waals surface area contributed by atoms with E-state index in [0.717, 1.165) is 82.1 Å². The maximum atomic E-state index is 14.2. The third kappa shape index (κ3) is 28.7. The second-order valence-electron chi connectivity index (χ2n) is 32.4. The second kappa shape index (κ2) is 50.1. The van der Waals surface area contributed by atoms with Gasteiger partial charge in [0, 0.05) is 129 Å². The number of pyridine rings is 4. The zero-order chi connectivity index (χ0) is 104. The molecule has 150 heavy (non-hydrogen) atoms. The summed E-state index contributed by atoms with van der Waals surface area (Å²) in [7, 11) is 0. The van der Waals surface area contributed by atoms with Gasteiger partial charge in [-0.05, 0) is 145 Å². The number of alkyl halides is 6. The van der Waals surface area contributed by atoms with Crippen LogP contribution in [0, 0.1) is 30.2 Å². The SMILES string of the molecule is Cc1cc(-c2ccncn2)cc(Cl)c1Nc1ccc(/C=N/Nc2ncc(F)c(N3CCOCC3)n2)nc1.Fc1cnc(N/N=C/c2ccc(Nc3ccc(-c4ccncn4)c(C(F)(F)F)c3)cn2)nc1N1CCOCC1.Fc1cnc(N/N=C/c2ccc(Nc3ccc(-c4cncnc4)c(C(F)(F)F)c3)cn2)nc1N1CCOCC1.Fc1cnc(N/N=C/c2ccc(Nc3ccc(-c4ncccn4)cc3)cn2)nc1N1CCOCC1. The van der Waals surface area contributed by atoms with Crippen LogP contribution in [-0.4, -0.2) is 230 Å². The molecule has 0 amide bonds. The molecular weight excluding hydrogens is 1980 g/mol. The summed E-state index contributed by atoms with van der Waals surface area (Å²) in [5.74, 6) is 0.0378. The second-order valence-corrected chi connectivity index (χ2v) is 32.8. The average molecular weight is 2070 g/mol. The third-order valence-corrected chi connectivity index (χ3v) is 22.4. The van der Waals surface area contributed by atoms with Gasteiger partial charge in [0.2, 0.25) is 23.8 Å². The van der Waals surface area contributed by atoms with Crippen LogP contribution in [0.5, 0.6) is 0 Å². The minimum atomic E-state index is -4.58. The number of aryl methyl sites for hydroxylation is 1. The summed E-state index contributed by atoms with van der Waals surface area (Å²) in [4.78, 5) is 89.0. The van der Waals surface area contributed by atoms with Crippen molar-refractivity contribution in [1.29, 1.82) is 0 Å². The molecule has 4 aliphatic heterocycles. The standard InChI is InChI=1S/C25H23ClFN9O.2C25H21F4N9O.C24H22FN9O/c1-16-10-17(22-4-5-28-15-31-22)11-20(26)23(16)33-19-3-2-18(29-12-19)13-32-35-25-30-14-21(27)24(34-25)36-6-8-37-9-7-36;26-22-14-33-24(36-23(22)38-5-7-39-8-6-38)37-34-13-18-1-2-19(12-32-18)35-17-3-4-20(16-10-30-15-31-11-16)21(9-17)25(27,28)29;26-21-14-32-24(36-23(21)38-7-9-39-10-8-38)37-34-13-17-1-2-18(12-31-17)35-16-3-4-19(20(11-16)25(27,28)29)22-5-6-30-15-33-22;25-21-16-29-24(32-23(21)34-10-12-35-13-11-34)33-30-15-19-6-7-20(14-28-19)31-18-4-2-17(3-5-18)22-26-8-1-9-27-22/h2-5,10-15,33H,6-9H2,1H3,(H,30,34,35);1-4,9-15,35H,5-8H2,(H,33,36,37);1-6,11-15,35H,7-10H2,(H,32,36,37);1-9,14-16,31H,10-13H2,(H,29,32,33)/b32-13+;2*34-13+;30-15+. The van der Waals surface area contributed by atoms with Crippen LogP contribution in [0.2, 0.25) is 5.02 Å². The maximum absolute atomic E-state index is 14.2. The molecule has 4 aliphatic rings. The van der Waals surface area contributed by atoms with Crippen LogP contribution in [-0.2, 0) is 31.3 Å². The van der Waals surface area contributed by atoms with E-state index in [4.69, 9.17) is 30.5 Å². The Morgan fingerprint density at radius 1 is 0.320 bits per heavy atom. The molecule has 16 heterocycles.